The number of nitrogens with one attached hydrogen (secondary N) is 1. The highest BCUT2D eigenvalue weighted by molar-refractivity contribution is 5.46. The van der Waals surface area contributed by atoms with Gasteiger partial charge in [0.25, 0.3) is 0 Å². The van der Waals surface area contributed by atoms with E-state index >= 15 is 0 Å². The van der Waals surface area contributed by atoms with Crippen LogP contribution >= 0.6 is 0 Å². The lowest BCUT2D eigenvalue weighted by molar-refractivity contribution is 0.600. The van der Waals surface area contributed by atoms with Crippen LogP contribution in [0.25, 0.3) is 0 Å². The van der Waals surface area contributed by atoms with Crippen molar-refractivity contribution in [1.29, 1.82) is 5.26 Å². The predicted octanol–water partition coefficient (Wildman–Crippen LogP) is 6.61. The first-order chi connectivity index (χ1) is 11.9. The van der Waals surface area contributed by atoms with E-state index in [0.29, 0.717) is 5.56 Å². The summed E-state index contributed by atoms with van der Waals surface area (Å²) in [5.41, 5.74) is 1.80. The minimum absolute atomic E-state index is 0.709. The molecule has 0 amide bonds. The van der Waals surface area contributed by atoms with Gasteiger partial charge in [0, 0.05) is 12.2 Å². The topological polar surface area (TPSA) is 35.8 Å². The Labute approximate surface area is 148 Å². The molecule has 2 nitrogen and oxygen atoms in total. The van der Waals surface area contributed by atoms with Crippen LogP contribution in [-0.2, 0) is 0 Å². The van der Waals surface area contributed by atoms with Gasteiger partial charge in [-0.2, -0.15) is 5.26 Å². The second-order valence-corrected chi connectivity index (χ2v) is 6.22. The third-order valence-electron chi connectivity index (χ3n) is 4.09. The minimum Gasteiger partial charge on any atom is -0.385 e. The molecule has 0 spiro atoms. The van der Waals surface area contributed by atoms with Crippen molar-refractivity contribution < 1.29 is 0 Å². The van der Waals surface area contributed by atoms with E-state index in [1.165, 1.54) is 51.4 Å². The molecule has 1 N–H and O–H groups in total. The number of anilines is 1. The summed E-state index contributed by atoms with van der Waals surface area (Å²) in [6, 6.07) is 9.76. The number of rotatable bonds is 14. The van der Waals surface area contributed by atoms with Gasteiger partial charge in [0.1, 0.15) is 0 Å². The van der Waals surface area contributed by atoms with Crippen LogP contribution in [0.4, 0.5) is 5.69 Å². The Kier molecular flexibility index (Phi) is 12.2. The van der Waals surface area contributed by atoms with Crippen molar-refractivity contribution in [2.75, 3.05) is 11.9 Å². The summed E-state index contributed by atoms with van der Waals surface area (Å²) in [4.78, 5) is 0. The lowest BCUT2D eigenvalue weighted by atomic mass is 10.1. The maximum absolute atomic E-state index is 8.76. The molecule has 0 aliphatic carbocycles. The average Bonchev–Trinajstić information content (AvgIpc) is 2.62. The number of benzene rings is 1. The number of unbranched alkanes of at least 4 members (excludes halogenated alkanes) is 8. The van der Waals surface area contributed by atoms with E-state index in [4.69, 9.17) is 5.26 Å². The van der Waals surface area contributed by atoms with Gasteiger partial charge in [-0.25, -0.2) is 0 Å². The molecule has 24 heavy (non-hydrogen) atoms. The monoisotopic (exact) mass is 324 g/mol. The van der Waals surface area contributed by atoms with Crippen LogP contribution in [0.5, 0.6) is 0 Å². The zero-order chi connectivity index (χ0) is 17.3. The van der Waals surface area contributed by atoms with Gasteiger partial charge in [0.15, 0.2) is 0 Å². The molecule has 0 radical (unpaired) electrons. The fraction of sp³-hybridized carbons (Fsp3) is 0.500. The van der Waals surface area contributed by atoms with Crippen molar-refractivity contribution in [2.45, 2.75) is 64.2 Å². The largest absolute Gasteiger partial charge is 0.385 e. The van der Waals surface area contributed by atoms with Crippen LogP contribution in [-0.4, -0.2) is 6.54 Å². The quantitative estimate of drug-likeness (QED) is 0.308. The van der Waals surface area contributed by atoms with E-state index in [0.717, 1.165) is 25.1 Å². The van der Waals surface area contributed by atoms with E-state index in [1.54, 1.807) is 0 Å². The van der Waals surface area contributed by atoms with Gasteiger partial charge >= 0.3 is 0 Å². The molecule has 0 bridgehead atoms. The Bertz CT molecular complexity index is 494. The summed E-state index contributed by atoms with van der Waals surface area (Å²) in [6.07, 6.45) is 19.4. The molecule has 1 rings (SSSR count). The molecule has 0 aliphatic rings. The van der Waals surface area contributed by atoms with Crippen molar-refractivity contribution in [3.05, 3.63) is 54.6 Å². The molecule has 0 aliphatic heterocycles. The normalized spacial score (nSPS) is 10.6. The second-order valence-electron chi connectivity index (χ2n) is 6.22. The van der Waals surface area contributed by atoms with E-state index in [1.807, 2.05) is 30.3 Å². The standard InChI is InChI=1S/C22H32N2/c1-2-3-4-5-6-7-8-9-10-11-12-13-14-19-24-22-17-15-21(20-23)16-18-22/h2,11-12,15-18,24H,1,3-10,13-14,19H2. The van der Waals surface area contributed by atoms with E-state index < -0.39 is 0 Å². The Balaban J connectivity index is 1.89. The van der Waals surface area contributed by atoms with Crippen molar-refractivity contribution >= 4 is 5.69 Å². The number of hydrogen-bond acceptors (Lipinski definition) is 2. The average molecular weight is 325 g/mol. The minimum atomic E-state index is 0.709. The molecule has 0 aromatic heterocycles. The Morgan fingerprint density at radius 2 is 1.42 bits per heavy atom. The number of nitriles is 1. The first-order valence-electron chi connectivity index (χ1n) is 9.36. The molecule has 0 heterocycles. The highest BCUT2D eigenvalue weighted by Crippen LogP contribution is 2.10. The first-order valence-corrected chi connectivity index (χ1v) is 9.36. The van der Waals surface area contributed by atoms with Crippen LogP contribution in [0.1, 0.15) is 69.8 Å². The third-order valence-corrected chi connectivity index (χ3v) is 4.09. The van der Waals surface area contributed by atoms with Crippen molar-refractivity contribution in [3.63, 3.8) is 0 Å². The third kappa shape index (κ3) is 10.7. The molecular formula is C22H32N2. The van der Waals surface area contributed by atoms with Crippen LogP contribution in [0.2, 0.25) is 0 Å². The van der Waals surface area contributed by atoms with Crippen molar-refractivity contribution in [3.8, 4) is 6.07 Å². The molecule has 1 aromatic carbocycles. The van der Waals surface area contributed by atoms with Crippen molar-refractivity contribution in [1.82, 2.24) is 0 Å². The van der Waals surface area contributed by atoms with Crippen LogP contribution < -0.4 is 5.32 Å². The second kappa shape index (κ2) is 14.6. The van der Waals surface area contributed by atoms with Gasteiger partial charge in [0.05, 0.1) is 11.6 Å². The SMILES string of the molecule is C=CCCCCCCCCC=CCCCNc1ccc(C#N)cc1. The number of nitrogens with zero attached hydrogens (tertiary/aromatic N) is 1. The molecule has 1 aromatic rings. The van der Waals surface area contributed by atoms with Gasteiger partial charge in [0.2, 0.25) is 0 Å². The predicted molar refractivity (Wildman–Crippen MR) is 105 cm³/mol. The molecule has 0 saturated carbocycles. The zero-order valence-electron chi connectivity index (χ0n) is 15.0. The molecule has 2 heteroatoms. The Morgan fingerprint density at radius 3 is 2.04 bits per heavy atom. The Hall–Kier alpha value is -2.01. The van der Waals surface area contributed by atoms with Gasteiger partial charge in [-0.15, -0.1) is 6.58 Å². The molecule has 0 fully saturated rings. The number of hydrogen-bond donors (Lipinski definition) is 1. The van der Waals surface area contributed by atoms with Gasteiger partial charge in [-0.05, 0) is 62.8 Å². The Morgan fingerprint density at radius 1 is 0.833 bits per heavy atom. The highest BCUT2D eigenvalue weighted by atomic mass is 14.9. The lowest BCUT2D eigenvalue weighted by Gasteiger charge is -2.04. The van der Waals surface area contributed by atoms with Crippen LogP contribution in [0, 0.1) is 11.3 Å². The summed E-state index contributed by atoms with van der Waals surface area (Å²) >= 11 is 0. The van der Waals surface area contributed by atoms with E-state index in [-0.39, 0.29) is 0 Å². The van der Waals surface area contributed by atoms with Gasteiger partial charge in [-0.1, -0.05) is 43.9 Å². The van der Waals surface area contributed by atoms with E-state index in [2.05, 4.69) is 30.1 Å². The maximum Gasteiger partial charge on any atom is 0.0991 e. The van der Waals surface area contributed by atoms with Crippen LogP contribution in [0.3, 0.4) is 0 Å². The summed E-state index contributed by atoms with van der Waals surface area (Å²) in [6.45, 7) is 4.73. The molecule has 130 valence electrons. The number of allylic oxidation sites excluding steroid dienone is 3. The summed E-state index contributed by atoms with van der Waals surface area (Å²) < 4.78 is 0. The smallest absolute Gasteiger partial charge is 0.0991 e. The van der Waals surface area contributed by atoms with E-state index in [9.17, 15) is 0 Å². The summed E-state index contributed by atoms with van der Waals surface area (Å²) in [7, 11) is 0. The molecule has 0 saturated heterocycles. The lowest BCUT2D eigenvalue weighted by Crippen LogP contribution is -2.00. The summed E-state index contributed by atoms with van der Waals surface area (Å²) in [5.74, 6) is 0. The highest BCUT2D eigenvalue weighted by Gasteiger charge is 1.93. The molecular weight excluding hydrogens is 292 g/mol. The maximum atomic E-state index is 8.76. The van der Waals surface area contributed by atoms with Gasteiger partial charge < -0.3 is 5.32 Å². The molecule has 0 atom stereocenters. The zero-order valence-corrected chi connectivity index (χ0v) is 15.0. The fourth-order valence-corrected chi connectivity index (χ4v) is 2.61. The van der Waals surface area contributed by atoms with Gasteiger partial charge in [-0.3, -0.25) is 0 Å². The fourth-order valence-electron chi connectivity index (χ4n) is 2.61. The summed E-state index contributed by atoms with van der Waals surface area (Å²) in [5, 5.41) is 12.1. The van der Waals surface area contributed by atoms with Crippen molar-refractivity contribution in [2.24, 2.45) is 0 Å². The first kappa shape index (κ1) is 20.0. The molecule has 0 unspecified atom stereocenters. The van der Waals surface area contributed by atoms with Crippen LogP contribution in [0.15, 0.2) is 49.1 Å².